The highest BCUT2D eigenvalue weighted by Gasteiger charge is 2.48. The largest absolute Gasteiger partial charge is 0.461 e. The lowest BCUT2D eigenvalue weighted by Gasteiger charge is -2.41. The standard InChI is InChI=1S/C24H34I2O18/c25-10-5(39-22-18(36)15(33)12(30)7(2-27)41-22)1-6(40-23-19(37)16(34)13(31)8(3-28)42-23)11(26)21(10)44-24-20(38)17(35)14(32)9(4-29)43-24/h1,7-9,12-20,22-24,27-38H,2-4H2/t7-,8-,9-,12-,13-,14-,15+,16+,17+,18-,19-,20-,22-,23-,24+/m1/s1. The zero-order valence-electron chi connectivity index (χ0n) is 22.4. The molecule has 3 aliphatic rings. The van der Waals surface area contributed by atoms with Gasteiger partial charge in [-0.25, -0.2) is 0 Å². The highest BCUT2D eigenvalue weighted by atomic mass is 127. The van der Waals surface area contributed by atoms with Crippen LogP contribution in [0.15, 0.2) is 6.07 Å². The predicted octanol–water partition coefficient (Wildman–Crippen LogP) is -5.57. The Morgan fingerprint density at radius 1 is 0.477 bits per heavy atom. The normalized spacial score (nSPS) is 43.0. The zero-order valence-corrected chi connectivity index (χ0v) is 26.7. The average Bonchev–Trinajstić information content (AvgIpc) is 3.01. The quantitative estimate of drug-likeness (QED) is 0.103. The number of halogens is 2. The van der Waals surface area contributed by atoms with Gasteiger partial charge < -0.3 is 89.7 Å². The summed E-state index contributed by atoms with van der Waals surface area (Å²) in [6.45, 7) is -2.23. The minimum atomic E-state index is -1.83. The van der Waals surface area contributed by atoms with Crippen LogP contribution in [0, 0.1) is 7.14 Å². The molecule has 3 fully saturated rings. The van der Waals surface area contributed by atoms with Crippen molar-refractivity contribution in [3.63, 3.8) is 0 Å². The first kappa shape index (κ1) is 36.3. The molecule has 3 aliphatic heterocycles. The van der Waals surface area contributed by atoms with Crippen LogP contribution in [-0.4, -0.2) is 173 Å². The third kappa shape index (κ3) is 7.15. The summed E-state index contributed by atoms with van der Waals surface area (Å²) in [5.74, 6) is -0.568. The molecule has 0 amide bonds. The Morgan fingerprint density at radius 2 is 0.773 bits per heavy atom. The molecule has 1 aromatic rings. The minimum Gasteiger partial charge on any atom is -0.461 e. The van der Waals surface area contributed by atoms with Gasteiger partial charge >= 0.3 is 0 Å². The van der Waals surface area contributed by atoms with Gasteiger partial charge in [0.25, 0.3) is 0 Å². The van der Waals surface area contributed by atoms with Crippen molar-refractivity contribution in [2.24, 2.45) is 0 Å². The van der Waals surface area contributed by atoms with E-state index in [9.17, 15) is 61.3 Å². The number of hydrogen-bond donors (Lipinski definition) is 12. The number of ether oxygens (including phenoxy) is 6. The molecule has 18 nitrogen and oxygen atoms in total. The Balaban J connectivity index is 1.73. The number of rotatable bonds is 9. The van der Waals surface area contributed by atoms with Crippen LogP contribution in [-0.2, 0) is 14.2 Å². The summed E-state index contributed by atoms with van der Waals surface area (Å²) in [5.41, 5.74) is 0. The van der Waals surface area contributed by atoms with E-state index in [0.29, 0.717) is 0 Å². The molecule has 1 aromatic carbocycles. The van der Waals surface area contributed by atoms with Crippen LogP contribution in [0.4, 0.5) is 0 Å². The molecular formula is C24H34I2O18. The van der Waals surface area contributed by atoms with E-state index in [2.05, 4.69) is 0 Å². The van der Waals surface area contributed by atoms with Gasteiger partial charge in [0, 0.05) is 6.07 Å². The van der Waals surface area contributed by atoms with Crippen molar-refractivity contribution >= 4 is 45.2 Å². The Morgan fingerprint density at radius 3 is 1.07 bits per heavy atom. The summed E-state index contributed by atoms with van der Waals surface area (Å²) in [7, 11) is 0. The van der Waals surface area contributed by atoms with E-state index in [1.807, 2.05) is 0 Å². The van der Waals surface area contributed by atoms with Crippen molar-refractivity contribution in [1.29, 1.82) is 0 Å². The van der Waals surface area contributed by atoms with Gasteiger partial charge in [-0.1, -0.05) is 0 Å². The number of hydrogen-bond acceptors (Lipinski definition) is 18. The molecule has 15 atom stereocenters. The van der Waals surface area contributed by atoms with E-state index in [1.54, 1.807) is 45.2 Å². The second-order valence-electron chi connectivity index (χ2n) is 10.3. The lowest BCUT2D eigenvalue weighted by atomic mass is 9.99. The molecule has 0 spiro atoms. The maximum Gasteiger partial charge on any atom is 0.229 e. The smallest absolute Gasteiger partial charge is 0.229 e. The van der Waals surface area contributed by atoms with Gasteiger partial charge in [0.1, 0.15) is 84.7 Å². The van der Waals surface area contributed by atoms with Crippen molar-refractivity contribution in [1.82, 2.24) is 0 Å². The monoisotopic (exact) mass is 864 g/mol. The van der Waals surface area contributed by atoms with Gasteiger partial charge in [-0.15, -0.1) is 0 Å². The summed E-state index contributed by atoms with van der Waals surface area (Å²) in [6.07, 6.45) is -24.9. The van der Waals surface area contributed by atoms with E-state index in [1.165, 1.54) is 6.07 Å². The van der Waals surface area contributed by atoms with Crippen LogP contribution >= 0.6 is 45.2 Å². The SMILES string of the molecule is OC[C@H]1O[C@@H](Oc2cc(O[C@@H]3O[C@H](CO)[C@@H](O)[C@H](O)[C@H]3O)c(I)c(O[C@@H]3O[C@H](CO)[C@@H](O)[C@H](O)[C@H]3O)c2I)[C@H](O)[C@@H](O)[C@@H]1O. The maximum atomic E-state index is 10.5. The zero-order chi connectivity index (χ0) is 32.6. The van der Waals surface area contributed by atoms with Gasteiger partial charge in [-0.05, 0) is 45.2 Å². The second kappa shape index (κ2) is 15.1. The van der Waals surface area contributed by atoms with Crippen LogP contribution < -0.4 is 14.2 Å². The van der Waals surface area contributed by atoms with Crippen molar-refractivity contribution < 1.29 is 89.7 Å². The van der Waals surface area contributed by atoms with Crippen molar-refractivity contribution in [2.45, 2.75) is 92.1 Å². The summed E-state index contributed by atoms with van der Waals surface area (Å²) in [5, 5.41) is 121. The van der Waals surface area contributed by atoms with E-state index in [0.717, 1.165) is 0 Å². The molecule has 44 heavy (non-hydrogen) atoms. The van der Waals surface area contributed by atoms with E-state index in [-0.39, 0.29) is 24.4 Å². The first-order chi connectivity index (χ1) is 20.7. The molecular weight excluding hydrogens is 830 g/mol. The number of aliphatic hydroxyl groups is 12. The van der Waals surface area contributed by atoms with Crippen molar-refractivity contribution in [2.75, 3.05) is 19.8 Å². The molecule has 20 heteroatoms. The molecule has 0 aromatic heterocycles. The Labute approximate surface area is 276 Å². The Kier molecular flexibility index (Phi) is 12.5. The van der Waals surface area contributed by atoms with Crippen LogP contribution in [0.25, 0.3) is 0 Å². The first-order valence-electron chi connectivity index (χ1n) is 13.2. The van der Waals surface area contributed by atoms with E-state index in [4.69, 9.17) is 28.4 Å². The summed E-state index contributed by atoms with van der Waals surface area (Å²) < 4.78 is 33.9. The maximum absolute atomic E-state index is 10.5. The molecule has 0 bridgehead atoms. The Hall–Kier alpha value is -0.520. The third-order valence-corrected chi connectivity index (χ3v) is 9.40. The lowest BCUT2D eigenvalue weighted by Crippen LogP contribution is -2.60. The lowest BCUT2D eigenvalue weighted by molar-refractivity contribution is -0.280. The van der Waals surface area contributed by atoms with Gasteiger partial charge in [0.05, 0.1) is 27.0 Å². The molecule has 252 valence electrons. The molecule has 0 radical (unpaired) electrons. The molecule has 4 rings (SSSR count). The van der Waals surface area contributed by atoms with Crippen LogP contribution in [0.5, 0.6) is 17.2 Å². The van der Waals surface area contributed by atoms with Crippen LogP contribution in [0.1, 0.15) is 0 Å². The van der Waals surface area contributed by atoms with E-state index >= 15 is 0 Å². The van der Waals surface area contributed by atoms with Crippen molar-refractivity contribution in [3.05, 3.63) is 13.2 Å². The highest BCUT2D eigenvalue weighted by molar-refractivity contribution is 14.1. The average molecular weight is 864 g/mol. The fourth-order valence-corrected chi connectivity index (χ4v) is 6.58. The molecule has 12 N–H and O–H groups in total. The van der Waals surface area contributed by atoms with Crippen molar-refractivity contribution in [3.8, 4) is 17.2 Å². The second-order valence-corrected chi connectivity index (χ2v) is 12.4. The molecule has 0 unspecified atom stereocenters. The number of aliphatic hydroxyl groups excluding tert-OH is 12. The summed E-state index contributed by atoms with van der Waals surface area (Å²) >= 11 is 3.47. The molecule has 0 saturated carbocycles. The topological polar surface area (TPSA) is 298 Å². The summed E-state index contributed by atoms with van der Waals surface area (Å²) in [4.78, 5) is 0. The van der Waals surface area contributed by atoms with Gasteiger partial charge in [0.15, 0.2) is 5.75 Å². The van der Waals surface area contributed by atoms with E-state index < -0.39 is 112 Å². The fourth-order valence-electron chi connectivity index (χ4n) is 4.70. The van der Waals surface area contributed by atoms with Crippen LogP contribution in [0.2, 0.25) is 0 Å². The van der Waals surface area contributed by atoms with Gasteiger partial charge in [-0.2, -0.15) is 0 Å². The first-order valence-corrected chi connectivity index (χ1v) is 15.3. The summed E-state index contributed by atoms with van der Waals surface area (Å²) in [6, 6.07) is 1.20. The van der Waals surface area contributed by atoms with Gasteiger partial charge in [-0.3, -0.25) is 0 Å². The Bertz CT molecular complexity index is 1050. The fraction of sp³-hybridized carbons (Fsp3) is 0.750. The van der Waals surface area contributed by atoms with Crippen LogP contribution in [0.3, 0.4) is 0 Å². The predicted molar refractivity (Wildman–Crippen MR) is 155 cm³/mol. The molecule has 0 aliphatic carbocycles. The number of benzene rings is 1. The molecule has 3 heterocycles. The van der Waals surface area contributed by atoms with Gasteiger partial charge in [0.2, 0.25) is 18.9 Å². The third-order valence-electron chi connectivity index (χ3n) is 7.36. The highest BCUT2D eigenvalue weighted by Crippen LogP contribution is 2.44. The molecule has 3 saturated heterocycles. The minimum absolute atomic E-state index is 0.0853.